The molecule has 0 saturated heterocycles. The topological polar surface area (TPSA) is 51.2 Å². The second-order valence-electron chi connectivity index (χ2n) is 18.3. The monoisotopic (exact) mass is 1260 g/mol. The van der Waals surface area contributed by atoms with Crippen LogP contribution >= 0.6 is 58.0 Å². The van der Waals surface area contributed by atoms with Crippen LogP contribution in [-0.4, -0.2) is 25.1 Å². The minimum absolute atomic E-state index is 0.132. The molecule has 3 nitrogen and oxygen atoms in total. The zero-order chi connectivity index (χ0) is 62.3. The third-order valence-corrected chi connectivity index (χ3v) is 14.1. The van der Waals surface area contributed by atoms with Crippen LogP contribution in [0.2, 0.25) is 25.1 Å². The van der Waals surface area contributed by atoms with E-state index < -0.39 is 38.1 Å². The molecule has 0 saturated carbocycles. The molecule has 0 fully saturated rings. The van der Waals surface area contributed by atoms with Gasteiger partial charge < -0.3 is 0 Å². The smallest absolute Gasteiger partial charge is 0.194 e. The average Bonchev–Trinajstić information content (AvgIpc) is 3.41. The lowest BCUT2D eigenvalue weighted by atomic mass is 10.1. The fraction of sp³-hybridized carbons (Fsp3) is 0.182. The second-order valence-corrected chi connectivity index (χ2v) is 23.8. The average molecular weight is 1260 g/mol. The maximum atomic E-state index is 12.4. The minimum atomic E-state index is -3.02. The van der Waals surface area contributed by atoms with Crippen molar-refractivity contribution >= 4 is 78.6 Å². The predicted octanol–water partition coefficient (Wildman–Crippen LogP) is 21.5. The van der Waals surface area contributed by atoms with Gasteiger partial charge in [-0.25, -0.2) is 34.8 Å². The third-order valence-electron chi connectivity index (χ3n) is 10.6. The number of benzene rings is 9. The van der Waals surface area contributed by atoms with Gasteiger partial charge in [0.05, 0.1) is 9.92 Å². The molecular formula is C66H67Cl5F6O3S2. The standard InChI is InChI=1S/C8H10O2S.C8H10OS.C8H10.2C7H6Cl2.C7H6ClF.C7H5F3.2C7H7F/c1-7-3-5-8(6-4-7)11(2,9)10;1-7-3-5-8(6-4-7)10(2)9;1-7-5-3-4-6-8(7)2;1-5-2-6(8)4-7(9)3-5;1-5-2-3-6(8)4-7(5)9;1-5-2-3-7(9)6(8)4-5;1-4-2-5(8)7(10)6(9)3-4;1-6-3-2-4-7(8)5-6;1-6-4-2-3-5-7(6)8/h3-6H,1-2H3;3-6H,1-2H3;3-6H,1-2H3;3*2-4H,1H3;2-3H,1H3;2*2-5H,1H3. The van der Waals surface area contributed by atoms with Crippen molar-refractivity contribution in [3.8, 4) is 0 Å². The summed E-state index contributed by atoms with van der Waals surface area (Å²) in [7, 11) is -3.86. The largest absolute Gasteiger partial charge is 0.255 e. The van der Waals surface area contributed by atoms with E-state index in [9.17, 15) is 39.0 Å². The van der Waals surface area contributed by atoms with Crippen LogP contribution in [0, 0.1) is 104 Å². The van der Waals surface area contributed by atoms with Gasteiger partial charge in [-0.1, -0.05) is 160 Å². The molecule has 438 valence electrons. The molecule has 0 aliphatic rings. The molecule has 9 aromatic carbocycles. The van der Waals surface area contributed by atoms with E-state index in [1.807, 2.05) is 102 Å². The summed E-state index contributed by atoms with van der Waals surface area (Å²) in [6.45, 7) is 19.0. The van der Waals surface area contributed by atoms with Crippen LogP contribution in [0.25, 0.3) is 0 Å². The van der Waals surface area contributed by atoms with E-state index in [0.717, 1.165) is 49.9 Å². The van der Waals surface area contributed by atoms with Crippen LogP contribution in [0.5, 0.6) is 0 Å². The molecule has 0 spiro atoms. The molecule has 0 amide bonds. The van der Waals surface area contributed by atoms with Crippen molar-refractivity contribution in [2.24, 2.45) is 0 Å². The maximum Gasteiger partial charge on any atom is 0.194 e. The Morgan fingerprint density at radius 1 is 0.354 bits per heavy atom. The normalized spacial score (nSPS) is 10.2. The molecule has 0 radical (unpaired) electrons. The molecular weight excluding hydrogens is 1200 g/mol. The van der Waals surface area contributed by atoms with Gasteiger partial charge >= 0.3 is 0 Å². The van der Waals surface area contributed by atoms with Crippen LogP contribution < -0.4 is 0 Å². The third kappa shape index (κ3) is 32.7. The number of aryl methyl sites for hydroxylation is 10. The summed E-state index contributed by atoms with van der Waals surface area (Å²) in [5.74, 6) is -4.35. The maximum absolute atomic E-state index is 12.4. The fourth-order valence-corrected chi connectivity index (χ4v) is 8.31. The van der Waals surface area contributed by atoms with Crippen molar-refractivity contribution in [2.75, 3.05) is 12.5 Å². The first-order valence-corrected chi connectivity index (χ1v) is 30.1. The Bertz CT molecular complexity index is 3290. The van der Waals surface area contributed by atoms with Crippen LogP contribution in [0.1, 0.15) is 55.6 Å². The highest BCUT2D eigenvalue weighted by Gasteiger charge is 2.08. The van der Waals surface area contributed by atoms with Gasteiger partial charge in [0.1, 0.15) is 17.5 Å². The summed E-state index contributed by atoms with van der Waals surface area (Å²) in [6, 6.07) is 53.5. The molecule has 0 aliphatic carbocycles. The van der Waals surface area contributed by atoms with Crippen LogP contribution in [0.15, 0.2) is 198 Å². The zero-order valence-corrected chi connectivity index (χ0v) is 53.0. The molecule has 9 rings (SSSR count). The van der Waals surface area contributed by atoms with Crippen LogP contribution in [-0.2, 0) is 20.6 Å². The highest BCUT2D eigenvalue weighted by Crippen LogP contribution is 2.20. The van der Waals surface area contributed by atoms with Gasteiger partial charge in [-0.05, 0) is 211 Å². The Hall–Kier alpha value is -5.89. The van der Waals surface area contributed by atoms with Crippen molar-refractivity contribution in [1.82, 2.24) is 0 Å². The molecule has 1 atom stereocenters. The molecule has 0 aromatic heterocycles. The number of rotatable bonds is 2. The molecule has 0 heterocycles. The lowest BCUT2D eigenvalue weighted by molar-refractivity contribution is 0.446. The van der Waals surface area contributed by atoms with E-state index in [4.69, 9.17) is 58.0 Å². The van der Waals surface area contributed by atoms with Crippen LogP contribution in [0.3, 0.4) is 0 Å². The van der Waals surface area contributed by atoms with E-state index in [0.29, 0.717) is 31.1 Å². The number of halogens is 11. The summed E-state index contributed by atoms with van der Waals surface area (Å²) in [6.07, 6.45) is 2.89. The lowest BCUT2D eigenvalue weighted by Crippen LogP contribution is -1.95. The molecule has 0 aliphatic heterocycles. The summed E-state index contributed by atoms with van der Waals surface area (Å²) < 4.78 is 106. The van der Waals surface area contributed by atoms with Gasteiger partial charge in [0, 0.05) is 48.3 Å². The van der Waals surface area contributed by atoms with Crippen molar-refractivity contribution in [3.05, 3.63) is 304 Å². The van der Waals surface area contributed by atoms with E-state index in [1.54, 1.807) is 79.9 Å². The quantitative estimate of drug-likeness (QED) is 0.128. The van der Waals surface area contributed by atoms with Crippen LogP contribution in [0.4, 0.5) is 26.3 Å². The Morgan fingerprint density at radius 3 is 1.16 bits per heavy atom. The van der Waals surface area contributed by atoms with Gasteiger partial charge in [-0.3, -0.25) is 4.21 Å². The first kappa shape index (κ1) is 74.1. The summed E-state index contributed by atoms with van der Waals surface area (Å²) >= 11 is 28.1. The number of hydrogen-bond acceptors (Lipinski definition) is 3. The summed E-state index contributed by atoms with van der Waals surface area (Å²) in [5, 5.41) is 2.99. The SMILES string of the molecule is Cc1cc(Cl)cc(Cl)c1.Cc1cc(F)c(F)c(F)c1.Cc1ccc(Cl)cc1Cl.Cc1ccc(F)c(Cl)c1.Cc1ccc(S(C)(=O)=O)cc1.Cc1ccc(S(C)=O)cc1.Cc1cccc(F)c1.Cc1ccccc1C.Cc1ccccc1F. The predicted molar refractivity (Wildman–Crippen MR) is 336 cm³/mol. The Morgan fingerprint density at radius 2 is 0.805 bits per heavy atom. The molecule has 0 N–H and O–H groups in total. The van der Waals surface area contributed by atoms with E-state index in [2.05, 4.69) is 38.1 Å². The Balaban J connectivity index is 0.000000462. The second kappa shape index (κ2) is 38.8. The molecule has 16 heteroatoms. The first-order valence-electron chi connectivity index (χ1n) is 24.8. The van der Waals surface area contributed by atoms with Gasteiger partial charge in [0.15, 0.2) is 27.3 Å². The Labute approximate surface area is 509 Å². The van der Waals surface area contributed by atoms with Crippen molar-refractivity contribution in [3.63, 3.8) is 0 Å². The fourth-order valence-electron chi connectivity index (χ4n) is 5.88. The molecule has 1 unspecified atom stereocenters. The van der Waals surface area contributed by atoms with Gasteiger partial charge in [-0.2, -0.15) is 0 Å². The summed E-state index contributed by atoms with van der Waals surface area (Å²) in [5.41, 5.74) is 10.2. The van der Waals surface area contributed by atoms with Gasteiger partial charge in [-0.15, -0.1) is 0 Å². The molecule has 9 aromatic rings. The number of sulfone groups is 1. The molecule has 82 heavy (non-hydrogen) atoms. The molecule has 0 bridgehead atoms. The first-order chi connectivity index (χ1) is 38.3. The van der Waals surface area contributed by atoms with Crippen molar-refractivity contribution in [2.45, 2.75) is 79.0 Å². The minimum Gasteiger partial charge on any atom is -0.255 e. The zero-order valence-electron chi connectivity index (χ0n) is 47.6. The number of hydrogen-bond donors (Lipinski definition) is 0. The van der Waals surface area contributed by atoms with Gasteiger partial charge in [0.2, 0.25) is 0 Å². The highest BCUT2D eigenvalue weighted by atomic mass is 35.5. The summed E-state index contributed by atoms with van der Waals surface area (Å²) in [4.78, 5) is 1.27. The van der Waals surface area contributed by atoms with Crippen molar-refractivity contribution < 1.29 is 39.0 Å². The lowest BCUT2D eigenvalue weighted by Gasteiger charge is -1.96. The van der Waals surface area contributed by atoms with Gasteiger partial charge in [0.25, 0.3) is 0 Å². The van der Waals surface area contributed by atoms with E-state index in [-0.39, 0.29) is 22.5 Å². The van der Waals surface area contributed by atoms with E-state index in [1.165, 1.54) is 54.1 Å². The highest BCUT2D eigenvalue weighted by molar-refractivity contribution is 7.90. The Kier molecular flexibility index (Phi) is 35.1. The van der Waals surface area contributed by atoms with Crippen molar-refractivity contribution in [1.29, 1.82) is 0 Å². The van der Waals surface area contributed by atoms with E-state index >= 15 is 0 Å².